The van der Waals surface area contributed by atoms with Gasteiger partial charge in [-0.15, -0.1) is 0 Å². The van der Waals surface area contributed by atoms with Gasteiger partial charge >= 0.3 is 5.97 Å². The molecule has 0 saturated carbocycles. The zero-order valence-electron chi connectivity index (χ0n) is 13.9. The highest BCUT2D eigenvalue weighted by molar-refractivity contribution is 5.95. The van der Waals surface area contributed by atoms with Gasteiger partial charge in [0.1, 0.15) is 11.6 Å². The largest absolute Gasteiger partial charge is 0.461 e. The predicted octanol–water partition coefficient (Wildman–Crippen LogP) is 2.07. The van der Waals surface area contributed by atoms with Crippen LogP contribution in [0.2, 0.25) is 0 Å². The molecule has 6 nitrogen and oxygen atoms in total. The fourth-order valence-corrected chi connectivity index (χ4v) is 2.96. The van der Waals surface area contributed by atoms with Crippen LogP contribution in [0.25, 0.3) is 0 Å². The Kier molecular flexibility index (Phi) is 4.52. The second-order valence-corrected chi connectivity index (χ2v) is 5.72. The van der Waals surface area contributed by atoms with E-state index in [0.717, 1.165) is 12.1 Å². The van der Waals surface area contributed by atoms with E-state index in [9.17, 15) is 18.4 Å². The molecule has 1 aliphatic heterocycles. The number of aromatic nitrogens is 2. The van der Waals surface area contributed by atoms with E-state index in [1.54, 1.807) is 14.0 Å². The van der Waals surface area contributed by atoms with Crippen molar-refractivity contribution in [3.05, 3.63) is 52.3 Å². The third-order valence-electron chi connectivity index (χ3n) is 4.11. The number of amides is 1. The van der Waals surface area contributed by atoms with Crippen LogP contribution in [0.1, 0.15) is 39.0 Å². The Morgan fingerprint density at radius 3 is 2.76 bits per heavy atom. The van der Waals surface area contributed by atoms with E-state index in [2.05, 4.69) is 5.10 Å². The maximum absolute atomic E-state index is 13.9. The number of halogens is 2. The number of nitrogens with zero attached hydrogens (tertiary/aromatic N) is 3. The van der Waals surface area contributed by atoms with Crippen LogP contribution in [0.15, 0.2) is 18.2 Å². The van der Waals surface area contributed by atoms with E-state index in [-0.39, 0.29) is 24.4 Å². The Morgan fingerprint density at radius 2 is 2.08 bits per heavy atom. The Balaban J connectivity index is 1.90. The maximum atomic E-state index is 13.9. The molecule has 2 heterocycles. The molecule has 2 aromatic rings. The number of hydrogen-bond donors (Lipinski definition) is 0. The van der Waals surface area contributed by atoms with Crippen LogP contribution >= 0.6 is 0 Å². The number of carbonyl (C=O) groups is 2. The van der Waals surface area contributed by atoms with Crippen molar-refractivity contribution in [1.29, 1.82) is 0 Å². The lowest BCUT2D eigenvalue weighted by Crippen LogP contribution is -2.36. The van der Waals surface area contributed by atoms with Crippen molar-refractivity contribution >= 4 is 11.9 Å². The molecule has 1 aromatic heterocycles. The summed E-state index contributed by atoms with van der Waals surface area (Å²) in [6.45, 7) is 2.38. The zero-order chi connectivity index (χ0) is 18.1. The van der Waals surface area contributed by atoms with E-state index in [4.69, 9.17) is 4.74 Å². The van der Waals surface area contributed by atoms with Gasteiger partial charge in [0.15, 0.2) is 5.69 Å². The Bertz CT molecular complexity index is 848. The molecule has 0 atom stereocenters. The van der Waals surface area contributed by atoms with Crippen molar-refractivity contribution in [3.8, 4) is 0 Å². The van der Waals surface area contributed by atoms with Gasteiger partial charge in [-0.2, -0.15) is 5.10 Å². The van der Waals surface area contributed by atoms with Crippen LogP contribution in [0, 0.1) is 11.6 Å². The lowest BCUT2D eigenvalue weighted by molar-refractivity contribution is 0.0507. The van der Waals surface area contributed by atoms with Crippen molar-refractivity contribution in [2.45, 2.75) is 19.9 Å². The number of esters is 1. The summed E-state index contributed by atoms with van der Waals surface area (Å²) in [5, 5.41) is 4.30. The van der Waals surface area contributed by atoms with Crippen molar-refractivity contribution in [2.24, 2.45) is 7.05 Å². The first-order valence-corrected chi connectivity index (χ1v) is 7.88. The third-order valence-corrected chi connectivity index (χ3v) is 4.11. The highest BCUT2D eigenvalue weighted by Crippen LogP contribution is 2.24. The van der Waals surface area contributed by atoms with Gasteiger partial charge in [-0.05, 0) is 19.1 Å². The predicted molar refractivity (Wildman–Crippen MR) is 84.0 cm³/mol. The number of hydrogen-bond acceptors (Lipinski definition) is 4. The summed E-state index contributed by atoms with van der Waals surface area (Å²) in [6, 6.07) is 2.84. The minimum atomic E-state index is -0.910. The van der Waals surface area contributed by atoms with Crippen molar-refractivity contribution in [3.63, 3.8) is 0 Å². The van der Waals surface area contributed by atoms with Gasteiger partial charge in [0, 0.05) is 31.6 Å². The fourth-order valence-electron chi connectivity index (χ4n) is 2.96. The van der Waals surface area contributed by atoms with Gasteiger partial charge in [0.05, 0.1) is 24.4 Å². The smallest absolute Gasteiger partial charge is 0.356 e. The van der Waals surface area contributed by atoms with Crippen molar-refractivity contribution < 1.29 is 23.1 Å². The molecule has 3 rings (SSSR count). The summed E-state index contributed by atoms with van der Waals surface area (Å²) in [5.74, 6) is -2.72. The standard InChI is InChI=1S/C17H17F2N3O3/c1-3-25-17(24)15-12-9-22(7-6-14(12)20-21(15)2)16(23)11-5-4-10(18)8-13(11)19/h4-5,8H,3,6-7,9H2,1-2H3. The molecular formula is C17H17F2N3O3. The molecule has 1 aliphatic rings. The molecule has 8 heteroatoms. The Morgan fingerprint density at radius 1 is 1.32 bits per heavy atom. The van der Waals surface area contributed by atoms with Crippen molar-refractivity contribution in [1.82, 2.24) is 14.7 Å². The summed E-state index contributed by atoms with van der Waals surface area (Å²) in [7, 11) is 1.64. The molecule has 0 aliphatic carbocycles. The quantitative estimate of drug-likeness (QED) is 0.796. The van der Waals surface area contributed by atoms with E-state index in [1.165, 1.54) is 9.58 Å². The van der Waals surface area contributed by atoms with E-state index < -0.39 is 23.5 Å². The molecule has 1 amide bonds. The first kappa shape index (κ1) is 17.1. The molecule has 0 fully saturated rings. The van der Waals surface area contributed by atoms with E-state index in [1.807, 2.05) is 0 Å². The SMILES string of the molecule is CCOC(=O)c1c2c(nn1C)CCN(C(=O)c1ccc(F)cc1F)C2. The van der Waals surface area contributed by atoms with Gasteiger partial charge in [0.25, 0.3) is 5.91 Å². The van der Waals surface area contributed by atoms with Gasteiger partial charge < -0.3 is 9.64 Å². The maximum Gasteiger partial charge on any atom is 0.356 e. The minimum absolute atomic E-state index is 0.118. The van der Waals surface area contributed by atoms with Gasteiger partial charge in [-0.25, -0.2) is 13.6 Å². The van der Waals surface area contributed by atoms with Crippen LogP contribution in [-0.4, -0.2) is 39.7 Å². The average molecular weight is 349 g/mol. The molecular weight excluding hydrogens is 332 g/mol. The van der Waals surface area contributed by atoms with Crippen LogP contribution in [0.4, 0.5) is 8.78 Å². The highest BCUT2D eigenvalue weighted by atomic mass is 19.1. The van der Waals surface area contributed by atoms with Crippen LogP contribution in [-0.2, 0) is 24.8 Å². The van der Waals surface area contributed by atoms with Gasteiger partial charge in [0.2, 0.25) is 0 Å². The van der Waals surface area contributed by atoms with E-state index >= 15 is 0 Å². The summed E-state index contributed by atoms with van der Waals surface area (Å²) >= 11 is 0. The molecule has 25 heavy (non-hydrogen) atoms. The van der Waals surface area contributed by atoms with Crippen LogP contribution < -0.4 is 0 Å². The molecule has 1 aromatic carbocycles. The van der Waals surface area contributed by atoms with Crippen molar-refractivity contribution in [2.75, 3.05) is 13.2 Å². The summed E-state index contributed by atoms with van der Waals surface area (Å²) in [5.41, 5.74) is 1.40. The second-order valence-electron chi connectivity index (χ2n) is 5.72. The first-order chi connectivity index (χ1) is 11.9. The van der Waals surface area contributed by atoms with Gasteiger partial charge in [-0.1, -0.05) is 0 Å². The van der Waals surface area contributed by atoms with Crippen LogP contribution in [0.5, 0.6) is 0 Å². The van der Waals surface area contributed by atoms with Crippen LogP contribution in [0.3, 0.4) is 0 Å². The first-order valence-electron chi connectivity index (χ1n) is 7.88. The highest BCUT2D eigenvalue weighted by Gasteiger charge is 2.31. The lowest BCUT2D eigenvalue weighted by atomic mass is 10.0. The second kappa shape index (κ2) is 6.62. The summed E-state index contributed by atoms with van der Waals surface area (Å²) < 4.78 is 33.4. The number of ether oxygens (including phenoxy) is 1. The number of fused-ring (bicyclic) bond motifs is 1. The number of benzene rings is 1. The number of rotatable bonds is 3. The number of aryl methyl sites for hydroxylation is 1. The topological polar surface area (TPSA) is 64.4 Å². The third kappa shape index (κ3) is 3.11. The summed E-state index contributed by atoms with van der Waals surface area (Å²) in [4.78, 5) is 26.1. The molecule has 0 spiro atoms. The fraction of sp³-hybridized carbons (Fsp3) is 0.353. The Hall–Kier alpha value is -2.77. The lowest BCUT2D eigenvalue weighted by Gasteiger charge is -2.27. The Labute approximate surface area is 143 Å². The monoisotopic (exact) mass is 349 g/mol. The normalized spacial score (nSPS) is 13.5. The summed E-state index contributed by atoms with van der Waals surface area (Å²) in [6.07, 6.45) is 0.442. The number of carbonyl (C=O) groups excluding carboxylic acids is 2. The molecule has 0 N–H and O–H groups in total. The molecule has 0 saturated heterocycles. The molecule has 0 bridgehead atoms. The van der Waals surface area contributed by atoms with Gasteiger partial charge in [-0.3, -0.25) is 9.48 Å². The van der Waals surface area contributed by atoms with E-state index in [0.29, 0.717) is 30.3 Å². The molecule has 0 radical (unpaired) electrons. The average Bonchev–Trinajstić information content (AvgIpc) is 2.89. The molecule has 132 valence electrons. The minimum Gasteiger partial charge on any atom is -0.461 e. The molecule has 0 unspecified atom stereocenters. The zero-order valence-corrected chi connectivity index (χ0v) is 13.9.